The predicted molar refractivity (Wildman–Crippen MR) is 113 cm³/mol. The molecule has 1 heterocycles. The van der Waals surface area contributed by atoms with Crippen LogP contribution in [0, 0.1) is 5.82 Å². The standard InChI is InChI=1S/C21H13Cl2FN2O3S/c22-18-11-8-16(12-19(18)23)26-21(13-20(25-26)14-4-2-1-3-5-14)29-30(27,28)17-9-6-15(24)7-10-17/h1-13H. The van der Waals surface area contributed by atoms with Crippen molar-refractivity contribution in [1.29, 1.82) is 0 Å². The number of hydrogen-bond donors (Lipinski definition) is 0. The van der Waals surface area contributed by atoms with Crippen LogP contribution >= 0.6 is 23.2 Å². The van der Waals surface area contributed by atoms with Crippen molar-refractivity contribution in [2.45, 2.75) is 4.90 Å². The Balaban J connectivity index is 1.82. The highest BCUT2D eigenvalue weighted by atomic mass is 35.5. The van der Waals surface area contributed by atoms with Crippen molar-refractivity contribution in [2.75, 3.05) is 0 Å². The van der Waals surface area contributed by atoms with E-state index in [2.05, 4.69) is 5.10 Å². The zero-order valence-corrected chi connectivity index (χ0v) is 17.5. The van der Waals surface area contributed by atoms with Crippen LogP contribution in [0.15, 0.2) is 83.8 Å². The van der Waals surface area contributed by atoms with Gasteiger partial charge in [0.25, 0.3) is 0 Å². The Morgan fingerprint density at radius 3 is 2.23 bits per heavy atom. The van der Waals surface area contributed by atoms with E-state index >= 15 is 0 Å². The second kappa shape index (κ2) is 8.10. The van der Waals surface area contributed by atoms with Gasteiger partial charge in [-0.15, -0.1) is 0 Å². The normalized spacial score (nSPS) is 11.4. The summed E-state index contributed by atoms with van der Waals surface area (Å²) in [6, 6.07) is 19.8. The molecule has 5 nitrogen and oxygen atoms in total. The van der Waals surface area contributed by atoms with E-state index in [1.165, 1.54) is 10.7 Å². The van der Waals surface area contributed by atoms with E-state index in [4.69, 9.17) is 27.4 Å². The Morgan fingerprint density at radius 1 is 0.867 bits per heavy atom. The summed E-state index contributed by atoms with van der Waals surface area (Å²) in [5.41, 5.74) is 1.71. The third-order valence-electron chi connectivity index (χ3n) is 4.19. The predicted octanol–water partition coefficient (Wildman–Crippen LogP) is 5.75. The SMILES string of the molecule is O=S(=O)(Oc1cc(-c2ccccc2)nn1-c1ccc(Cl)c(Cl)c1)c1ccc(F)cc1. The quantitative estimate of drug-likeness (QED) is 0.354. The molecule has 9 heteroatoms. The number of benzene rings is 3. The Morgan fingerprint density at radius 2 is 1.57 bits per heavy atom. The maximum absolute atomic E-state index is 13.2. The van der Waals surface area contributed by atoms with E-state index in [-0.39, 0.29) is 15.8 Å². The molecule has 0 radical (unpaired) electrons. The smallest absolute Gasteiger partial charge is 0.340 e. The molecular weight excluding hydrogens is 450 g/mol. The van der Waals surface area contributed by atoms with Crippen molar-refractivity contribution in [2.24, 2.45) is 0 Å². The van der Waals surface area contributed by atoms with E-state index in [1.807, 2.05) is 30.3 Å². The van der Waals surface area contributed by atoms with Crippen LogP contribution in [0.4, 0.5) is 4.39 Å². The molecule has 4 rings (SSSR count). The van der Waals surface area contributed by atoms with E-state index in [9.17, 15) is 12.8 Å². The van der Waals surface area contributed by atoms with Crippen LogP contribution in [0.2, 0.25) is 10.0 Å². The number of halogens is 3. The molecule has 0 fully saturated rings. The van der Waals surface area contributed by atoms with E-state index < -0.39 is 15.9 Å². The highest BCUT2D eigenvalue weighted by Crippen LogP contribution is 2.31. The molecule has 0 atom stereocenters. The van der Waals surface area contributed by atoms with Crippen molar-refractivity contribution in [3.05, 3.63) is 94.7 Å². The fourth-order valence-electron chi connectivity index (χ4n) is 2.74. The lowest BCUT2D eigenvalue weighted by Gasteiger charge is -2.10. The van der Waals surface area contributed by atoms with Crippen LogP contribution in [0.3, 0.4) is 0 Å². The Bertz CT molecular complexity index is 1310. The van der Waals surface area contributed by atoms with Crippen LogP contribution in [0.25, 0.3) is 16.9 Å². The topological polar surface area (TPSA) is 61.2 Å². The second-order valence-electron chi connectivity index (χ2n) is 6.24. The lowest BCUT2D eigenvalue weighted by molar-refractivity contribution is 0.465. The van der Waals surface area contributed by atoms with Gasteiger partial charge in [-0.25, -0.2) is 4.39 Å². The second-order valence-corrected chi connectivity index (χ2v) is 8.60. The van der Waals surface area contributed by atoms with Gasteiger partial charge in [-0.3, -0.25) is 0 Å². The maximum atomic E-state index is 13.2. The molecule has 0 spiro atoms. The molecule has 1 aromatic heterocycles. The summed E-state index contributed by atoms with van der Waals surface area (Å²) < 4.78 is 45.3. The fourth-order valence-corrected chi connectivity index (χ4v) is 3.94. The Hall–Kier alpha value is -2.87. The van der Waals surface area contributed by atoms with Gasteiger partial charge in [0, 0.05) is 11.6 Å². The lowest BCUT2D eigenvalue weighted by atomic mass is 10.2. The van der Waals surface area contributed by atoms with Gasteiger partial charge in [0.1, 0.15) is 10.7 Å². The van der Waals surface area contributed by atoms with E-state index in [1.54, 1.807) is 18.2 Å². The molecule has 0 unspecified atom stereocenters. The van der Waals surface area contributed by atoms with Gasteiger partial charge in [0.15, 0.2) is 0 Å². The molecule has 4 aromatic rings. The van der Waals surface area contributed by atoms with Crippen LogP contribution in [0.1, 0.15) is 0 Å². The third-order valence-corrected chi connectivity index (χ3v) is 6.17. The maximum Gasteiger partial charge on any atom is 0.340 e. The zero-order valence-electron chi connectivity index (χ0n) is 15.2. The first-order chi connectivity index (χ1) is 14.3. The van der Waals surface area contributed by atoms with Crippen LogP contribution in [0.5, 0.6) is 5.88 Å². The van der Waals surface area contributed by atoms with Gasteiger partial charge in [-0.05, 0) is 42.5 Å². The lowest BCUT2D eigenvalue weighted by Crippen LogP contribution is -2.12. The molecule has 152 valence electrons. The number of hydrogen-bond acceptors (Lipinski definition) is 4. The molecule has 0 amide bonds. The number of rotatable bonds is 5. The first-order valence-corrected chi connectivity index (χ1v) is 10.8. The van der Waals surface area contributed by atoms with Gasteiger partial charge in [0.05, 0.1) is 21.4 Å². The van der Waals surface area contributed by atoms with Gasteiger partial charge in [-0.2, -0.15) is 18.2 Å². The minimum absolute atomic E-state index is 0.0587. The summed E-state index contributed by atoms with van der Waals surface area (Å²) in [6.07, 6.45) is 0. The van der Waals surface area contributed by atoms with Crippen LogP contribution < -0.4 is 4.18 Å². The number of nitrogens with zero attached hydrogens (tertiary/aromatic N) is 2. The average Bonchev–Trinajstić information content (AvgIpc) is 3.14. The highest BCUT2D eigenvalue weighted by molar-refractivity contribution is 7.87. The summed E-state index contributed by atoms with van der Waals surface area (Å²) in [4.78, 5) is -0.188. The van der Waals surface area contributed by atoms with Crippen molar-refractivity contribution < 1.29 is 17.0 Å². The molecule has 0 saturated carbocycles. The summed E-state index contributed by atoms with van der Waals surface area (Å²) in [5.74, 6) is -0.613. The minimum Gasteiger partial charge on any atom is -0.358 e. The highest BCUT2D eigenvalue weighted by Gasteiger charge is 2.22. The molecule has 0 aliphatic carbocycles. The van der Waals surface area contributed by atoms with Crippen LogP contribution in [-0.4, -0.2) is 18.2 Å². The minimum atomic E-state index is -4.23. The molecule has 0 N–H and O–H groups in total. The summed E-state index contributed by atoms with van der Waals surface area (Å²) >= 11 is 12.1. The van der Waals surface area contributed by atoms with Gasteiger partial charge in [-0.1, -0.05) is 53.5 Å². The molecule has 0 aliphatic rings. The van der Waals surface area contributed by atoms with Gasteiger partial charge in [0.2, 0.25) is 5.88 Å². The zero-order chi connectivity index (χ0) is 21.3. The van der Waals surface area contributed by atoms with Crippen LogP contribution in [-0.2, 0) is 10.1 Å². The molecule has 30 heavy (non-hydrogen) atoms. The Kier molecular flexibility index (Phi) is 5.51. The van der Waals surface area contributed by atoms with Gasteiger partial charge < -0.3 is 4.18 Å². The number of aromatic nitrogens is 2. The monoisotopic (exact) mass is 462 g/mol. The molecule has 0 bridgehead atoms. The summed E-state index contributed by atoms with van der Waals surface area (Å²) in [5, 5.41) is 5.10. The van der Waals surface area contributed by atoms with E-state index in [0.717, 1.165) is 29.8 Å². The fraction of sp³-hybridized carbons (Fsp3) is 0. The van der Waals surface area contributed by atoms with E-state index in [0.29, 0.717) is 16.4 Å². The summed E-state index contributed by atoms with van der Waals surface area (Å²) in [7, 11) is -4.23. The molecular formula is C21H13Cl2FN2O3S. The van der Waals surface area contributed by atoms with Gasteiger partial charge >= 0.3 is 10.1 Å². The van der Waals surface area contributed by atoms with Crippen molar-refractivity contribution >= 4 is 33.3 Å². The molecule has 0 saturated heterocycles. The molecule has 0 aliphatic heterocycles. The molecule has 3 aromatic carbocycles. The van der Waals surface area contributed by atoms with Crippen molar-refractivity contribution in [1.82, 2.24) is 9.78 Å². The third kappa shape index (κ3) is 4.18. The first-order valence-electron chi connectivity index (χ1n) is 8.64. The van der Waals surface area contributed by atoms with Crippen molar-refractivity contribution in [3.8, 4) is 22.8 Å². The first kappa shape index (κ1) is 20.4. The average molecular weight is 463 g/mol. The largest absolute Gasteiger partial charge is 0.358 e. The summed E-state index contributed by atoms with van der Waals surface area (Å²) in [6.45, 7) is 0. The Labute approximate surface area is 182 Å². The van der Waals surface area contributed by atoms with Crippen molar-refractivity contribution in [3.63, 3.8) is 0 Å².